The van der Waals surface area contributed by atoms with Crippen LogP contribution in [0.15, 0.2) is 24.3 Å². The maximum Gasteiger partial charge on any atom is 0.216 e. The van der Waals surface area contributed by atoms with Gasteiger partial charge in [-0.1, -0.05) is 31.2 Å². The molecule has 162 valence electrons. The van der Waals surface area contributed by atoms with Gasteiger partial charge in [0.25, 0.3) is 0 Å². The Labute approximate surface area is 176 Å². The van der Waals surface area contributed by atoms with Crippen LogP contribution in [0.2, 0.25) is 0 Å². The number of rotatable bonds is 5. The number of benzene rings is 1. The van der Waals surface area contributed by atoms with Crippen molar-refractivity contribution in [3.05, 3.63) is 35.4 Å². The molecule has 0 spiro atoms. The molecule has 0 saturated carbocycles. The molecule has 1 N–H and O–H groups in total. The number of hydrogen-bond donors (Lipinski definition) is 1. The standard InChI is InChI=1S/C23H37N3O2S/c1-17(2)29(27,28)26-12-9-18(10-13-26)16-24-22-21-15-19-7-5-6-8-20(19)23(22,3)11-14-25(21)4/h5-8,17-18,21-22,24H,9-16H2,1-4H3/t21-,22+,23+/m1/s1. The molecule has 2 aliphatic heterocycles. The molecule has 0 radical (unpaired) electrons. The Morgan fingerprint density at radius 3 is 2.55 bits per heavy atom. The topological polar surface area (TPSA) is 52.7 Å². The van der Waals surface area contributed by atoms with Crippen LogP contribution in [0.25, 0.3) is 0 Å². The lowest BCUT2D eigenvalue weighted by Gasteiger charge is -2.55. The van der Waals surface area contributed by atoms with E-state index in [0.29, 0.717) is 31.1 Å². The molecule has 1 aromatic rings. The summed E-state index contributed by atoms with van der Waals surface area (Å²) in [4.78, 5) is 2.53. The lowest BCUT2D eigenvalue weighted by molar-refractivity contribution is 0.0621. The molecule has 2 saturated heterocycles. The Bertz CT molecular complexity index is 832. The molecule has 3 aliphatic rings. The van der Waals surface area contributed by atoms with Crippen LogP contribution in [-0.2, 0) is 21.9 Å². The van der Waals surface area contributed by atoms with Crippen molar-refractivity contribution in [1.82, 2.24) is 14.5 Å². The van der Waals surface area contributed by atoms with Crippen LogP contribution in [0.4, 0.5) is 0 Å². The van der Waals surface area contributed by atoms with Gasteiger partial charge < -0.3 is 10.2 Å². The van der Waals surface area contributed by atoms with E-state index >= 15 is 0 Å². The second-order valence-corrected chi connectivity index (χ2v) is 12.4. The number of fused-ring (bicyclic) bond motifs is 4. The minimum absolute atomic E-state index is 0.174. The first kappa shape index (κ1) is 21.3. The van der Waals surface area contributed by atoms with Crippen LogP contribution in [0.3, 0.4) is 0 Å². The zero-order valence-corrected chi connectivity index (χ0v) is 19.2. The number of likely N-dealkylation sites (N-methyl/N-ethyl adjacent to an activating group) is 1. The molecule has 1 aliphatic carbocycles. The van der Waals surface area contributed by atoms with Gasteiger partial charge in [0.05, 0.1) is 5.25 Å². The molecule has 4 rings (SSSR count). The SMILES string of the molecule is CC(C)S(=O)(=O)N1CCC(CN[C@H]2[C@H]3Cc4ccccc4[C@]2(C)CCN3C)CC1. The van der Waals surface area contributed by atoms with Crippen molar-refractivity contribution < 1.29 is 8.42 Å². The van der Waals surface area contributed by atoms with E-state index in [4.69, 9.17) is 0 Å². The highest BCUT2D eigenvalue weighted by atomic mass is 32.2. The summed E-state index contributed by atoms with van der Waals surface area (Å²) in [5.74, 6) is 0.556. The van der Waals surface area contributed by atoms with Gasteiger partial charge in [-0.2, -0.15) is 0 Å². The molecule has 6 heteroatoms. The first-order valence-corrected chi connectivity index (χ1v) is 12.7. The van der Waals surface area contributed by atoms with Gasteiger partial charge >= 0.3 is 0 Å². The lowest BCUT2D eigenvalue weighted by Crippen LogP contribution is -2.66. The summed E-state index contributed by atoms with van der Waals surface area (Å²) in [5.41, 5.74) is 3.21. The van der Waals surface area contributed by atoms with Gasteiger partial charge in [-0.25, -0.2) is 12.7 Å². The Balaban J connectivity index is 1.43. The third-order valence-electron chi connectivity index (χ3n) is 7.84. The summed E-state index contributed by atoms with van der Waals surface area (Å²) in [6, 6.07) is 9.98. The van der Waals surface area contributed by atoms with E-state index in [2.05, 4.69) is 48.5 Å². The van der Waals surface area contributed by atoms with Crippen molar-refractivity contribution in [2.75, 3.05) is 33.2 Å². The minimum atomic E-state index is -3.12. The zero-order chi connectivity index (χ0) is 20.8. The summed E-state index contributed by atoms with van der Waals surface area (Å²) in [6.45, 7) is 9.48. The quantitative estimate of drug-likeness (QED) is 0.797. The van der Waals surface area contributed by atoms with E-state index in [9.17, 15) is 8.42 Å². The Hall–Kier alpha value is -0.950. The average Bonchev–Trinajstić information content (AvgIpc) is 2.70. The molecule has 1 aromatic carbocycles. The lowest BCUT2D eigenvalue weighted by atomic mass is 9.61. The van der Waals surface area contributed by atoms with Gasteiger partial charge in [-0.3, -0.25) is 0 Å². The maximum absolute atomic E-state index is 12.4. The smallest absolute Gasteiger partial charge is 0.216 e. The maximum atomic E-state index is 12.4. The molecule has 5 nitrogen and oxygen atoms in total. The molecule has 0 amide bonds. The largest absolute Gasteiger partial charge is 0.311 e. The number of likely N-dealkylation sites (tertiary alicyclic amines) is 1. The van der Waals surface area contributed by atoms with Crippen LogP contribution in [-0.4, -0.2) is 68.2 Å². The summed E-state index contributed by atoms with van der Waals surface area (Å²) < 4.78 is 26.6. The number of nitrogens with one attached hydrogen (secondary N) is 1. The molecule has 0 aromatic heterocycles. The van der Waals surface area contributed by atoms with Crippen molar-refractivity contribution >= 4 is 10.0 Å². The molecular formula is C23H37N3O2S. The Kier molecular flexibility index (Phi) is 5.84. The minimum Gasteiger partial charge on any atom is -0.311 e. The molecule has 29 heavy (non-hydrogen) atoms. The fourth-order valence-corrected chi connectivity index (χ4v) is 7.10. The first-order chi connectivity index (χ1) is 13.7. The highest BCUT2D eigenvalue weighted by molar-refractivity contribution is 7.89. The predicted octanol–water partition coefficient (Wildman–Crippen LogP) is 2.61. The van der Waals surface area contributed by atoms with Crippen molar-refractivity contribution in [3.63, 3.8) is 0 Å². The van der Waals surface area contributed by atoms with E-state index in [0.717, 1.165) is 32.4 Å². The van der Waals surface area contributed by atoms with E-state index in [1.165, 1.54) is 17.5 Å². The predicted molar refractivity (Wildman–Crippen MR) is 119 cm³/mol. The fourth-order valence-electron chi connectivity index (χ4n) is 5.79. The molecule has 2 bridgehead atoms. The normalized spacial score (nSPS) is 31.8. The average molecular weight is 420 g/mol. The van der Waals surface area contributed by atoms with Gasteiger partial charge in [0.2, 0.25) is 10.0 Å². The van der Waals surface area contributed by atoms with Crippen LogP contribution in [0.1, 0.15) is 51.2 Å². The molecule has 3 atom stereocenters. The van der Waals surface area contributed by atoms with Gasteiger partial charge in [0, 0.05) is 30.6 Å². The highest BCUT2D eigenvalue weighted by Gasteiger charge is 2.49. The Morgan fingerprint density at radius 1 is 1.17 bits per heavy atom. The third-order valence-corrected chi connectivity index (χ3v) is 10.1. The van der Waals surface area contributed by atoms with Crippen LogP contribution in [0.5, 0.6) is 0 Å². The zero-order valence-electron chi connectivity index (χ0n) is 18.4. The molecule has 2 heterocycles. The second-order valence-electron chi connectivity index (χ2n) is 9.90. The summed E-state index contributed by atoms with van der Waals surface area (Å²) in [5, 5.41) is 3.65. The molecule has 0 unspecified atom stereocenters. The summed E-state index contributed by atoms with van der Waals surface area (Å²) >= 11 is 0. The number of piperidine rings is 2. The van der Waals surface area contributed by atoms with Crippen molar-refractivity contribution in [1.29, 1.82) is 0 Å². The van der Waals surface area contributed by atoms with Crippen LogP contribution < -0.4 is 5.32 Å². The van der Waals surface area contributed by atoms with Gasteiger partial charge in [0.15, 0.2) is 0 Å². The van der Waals surface area contributed by atoms with Crippen molar-refractivity contribution in [2.24, 2.45) is 5.92 Å². The summed E-state index contributed by atoms with van der Waals surface area (Å²) in [7, 11) is -0.849. The van der Waals surface area contributed by atoms with E-state index in [1.54, 1.807) is 18.2 Å². The second kappa shape index (κ2) is 7.95. The summed E-state index contributed by atoms with van der Waals surface area (Å²) in [6.07, 6.45) is 4.21. The Morgan fingerprint density at radius 2 is 1.86 bits per heavy atom. The van der Waals surface area contributed by atoms with Gasteiger partial charge in [0.1, 0.15) is 0 Å². The van der Waals surface area contributed by atoms with Gasteiger partial charge in [-0.05, 0) is 76.7 Å². The molecule has 2 fully saturated rings. The van der Waals surface area contributed by atoms with Crippen LogP contribution in [0, 0.1) is 5.92 Å². The van der Waals surface area contributed by atoms with Crippen molar-refractivity contribution in [2.45, 2.75) is 69.2 Å². The highest BCUT2D eigenvalue weighted by Crippen LogP contribution is 2.44. The number of nitrogens with zero attached hydrogens (tertiary/aromatic N) is 2. The number of hydrogen-bond acceptors (Lipinski definition) is 4. The van der Waals surface area contributed by atoms with Crippen LogP contribution >= 0.6 is 0 Å². The molecular weight excluding hydrogens is 382 g/mol. The fraction of sp³-hybridized carbons (Fsp3) is 0.739. The monoisotopic (exact) mass is 419 g/mol. The first-order valence-electron chi connectivity index (χ1n) is 11.2. The van der Waals surface area contributed by atoms with E-state index < -0.39 is 10.0 Å². The van der Waals surface area contributed by atoms with E-state index in [1.807, 2.05) is 0 Å². The van der Waals surface area contributed by atoms with E-state index in [-0.39, 0.29) is 10.7 Å². The van der Waals surface area contributed by atoms with Gasteiger partial charge in [-0.15, -0.1) is 0 Å². The third kappa shape index (κ3) is 3.78. The van der Waals surface area contributed by atoms with Crippen molar-refractivity contribution in [3.8, 4) is 0 Å². The number of sulfonamides is 1.